The normalized spacial score (nSPS) is 16.5. The molecule has 2 rings (SSSR count). The molecule has 1 heterocycles. The summed E-state index contributed by atoms with van der Waals surface area (Å²) in [5, 5.41) is 3.05. The van der Waals surface area contributed by atoms with Crippen LogP contribution in [0.5, 0.6) is 0 Å². The predicted molar refractivity (Wildman–Crippen MR) is 55.6 cm³/mol. The van der Waals surface area contributed by atoms with Gasteiger partial charge in [0.1, 0.15) is 0 Å². The number of aliphatic imine (C=N–C) groups is 1. The zero-order chi connectivity index (χ0) is 9.80. The fraction of sp³-hybridized carbons (Fsp3) is 0.333. The maximum atomic E-state index is 5.33. The van der Waals surface area contributed by atoms with Crippen molar-refractivity contribution in [2.45, 2.75) is 18.9 Å². The van der Waals surface area contributed by atoms with Crippen LogP contribution in [0.25, 0.3) is 0 Å². The fourth-order valence-corrected chi connectivity index (χ4v) is 1.07. The maximum absolute atomic E-state index is 5.33. The zero-order valence-corrected chi connectivity index (χ0v) is 7.77. The van der Waals surface area contributed by atoms with Crippen molar-refractivity contribution in [1.29, 1.82) is 0 Å². The minimum Gasteiger partial charge on any atom is -0.324 e. The monoisotopic (exact) mass is 191 g/mol. The molecule has 1 aromatic rings. The van der Waals surface area contributed by atoms with Crippen molar-refractivity contribution in [2.75, 3.05) is 5.32 Å². The van der Waals surface area contributed by atoms with Crippen LogP contribution in [0.1, 0.15) is 12.8 Å². The lowest BCUT2D eigenvalue weighted by atomic mass is 10.4. The van der Waals surface area contributed by atoms with Gasteiger partial charge in [0.15, 0.2) is 0 Å². The van der Waals surface area contributed by atoms with Crippen LogP contribution in [-0.2, 0) is 0 Å². The van der Waals surface area contributed by atoms with E-state index in [0.717, 1.165) is 18.5 Å². The highest BCUT2D eigenvalue weighted by Gasteiger charge is 2.20. The Bertz CT molecular complexity index is 317. The van der Waals surface area contributed by atoms with Gasteiger partial charge in [-0.1, -0.05) is 0 Å². The first-order valence-corrected chi connectivity index (χ1v) is 4.60. The van der Waals surface area contributed by atoms with Gasteiger partial charge in [-0.15, -0.1) is 0 Å². The lowest BCUT2D eigenvalue weighted by Crippen LogP contribution is -2.36. The second-order valence-electron chi connectivity index (χ2n) is 3.22. The molecule has 0 aliphatic heterocycles. The second kappa shape index (κ2) is 4.06. The van der Waals surface area contributed by atoms with E-state index in [0.29, 0.717) is 12.0 Å². The predicted octanol–water partition coefficient (Wildman–Crippen LogP) is 0.475. The molecule has 0 radical (unpaired) electrons. The van der Waals surface area contributed by atoms with Gasteiger partial charge in [0, 0.05) is 6.20 Å². The van der Waals surface area contributed by atoms with Crippen molar-refractivity contribution in [1.82, 2.24) is 10.4 Å². The summed E-state index contributed by atoms with van der Waals surface area (Å²) in [6.45, 7) is 0. The van der Waals surface area contributed by atoms with Crippen LogP contribution >= 0.6 is 0 Å². The molecule has 0 atom stereocenters. The minimum absolute atomic E-state index is 0.435. The molecule has 0 amide bonds. The molecular weight excluding hydrogens is 178 g/mol. The number of nitrogens with two attached hydrogens (primary N) is 1. The SMILES string of the molecule is NNC(=NC1CC1)Nc1cccnc1. The molecule has 5 nitrogen and oxygen atoms in total. The number of anilines is 1. The van der Waals surface area contributed by atoms with Crippen LogP contribution in [0.4, 0.5) is 5.69 Å². The first kappa shape index (κ1) is 8.96. The van der Waals surface area contributed by atoms with Gasteiger partial charge in [-0.3, -0.25) is 10.4 Å². The van der Waals surface area contributed by atoms with Gasteiger partial charge in [0.25, 0.3) is 0 Å². The maximum Gasteiger partial charge on any atom is 0.210 e. The van der Waals surface area contributed by atoms with Crippen LogP contribution in [0.2, 0.25) is 0 Å². The van der Waals surface area contributed by atoms with Gasteiger partial charge in [0.2, 0.25) is 5.96 Å². The molecule has 1 fully saturated rings. The summed E-state index contributed by atoms with van der Waals surface area (Å²) >= 11 is 0. The van der Waals surface area contributed by atoms with Crippen molar-refractivity contribution in [3.8, 4) is 0 Å². The highest BCUT2D eigenvalue weighted by Crippen LogP contribution is 2.23. The molecule has 0 aromatic carbocycles. The minimum atomic E-state index is 0.435. The Labute approximate surface area is 82.4 Å². The molecule has 14 heavy (non-hydrogen) atoms. The van der Waals surface area contributed by atoms with E-state index in [1.807, 2.05) is 12.1 Å². The second-order valence-corrected chi connectivity index (χ2v) is 3.22. The highest BCUT2D eigenvalue weighted by atomic mass is 15.3. The van der Waals surface area contributed by atoms with Crippen LogP contribution in [-0.4, -0.2) is 17.0 Å². The Kier molecular flexibility index (Phi) is 2.60. The first-order valence-electron chi connectivity index (χ1n) is 4.60. The van der Waals surface area contributed by atoms with Gasteiger partial charge < -0.3 is 5.32 Å². The van der Waals surface area contributed by atoms with Gasteiger partial charge in [-0.2, -0.15) is 0 Å². The summed E-state index contributed by atoms with van der Waals surface area (Å²) in [5.41, 5.74) is 3.41. The molecule has 1 saturated carbocycles. The van der Waals surface area contributed by atoms with Gasteiger partial charge in [-0.05, 0) is 25.0 Å². The summed E-state index contributed by atoms with van der Waals surface area (Å²) in [4.78, 5) is 8.32. The quantitative estimate of drug-likeness (QED) is 0.275. The third-order valence-corrected chi connectivity index (χ3v) is 1.92. The third kappa shape index (κ3) is 2.43. The molecule has 0 bridgehead atoms. The summed E-state index contributed by atoms with van der Waals surface area (Å²) in [5.74, 6) is 5.93. The number of guanidine groups is 1. The van der Waals surface area contributed by atoms with E-state index >= 15 is 0 Å². The summed E-state index contributed by atoms with van der Waals surface area (Å²) in [7, 11) is 0. The van der Waals surface area contributed by atoms with Crippen LogP contribution in [0, 0.1) is 0 Å². The molecule has 5 heteroatoms. The number of nitrogens with one attached hydrogen (secondary N) is 2. The standard InChI is InChI=1S/C9H13N5/c10-14-9(12-7-3-4-7)13-8-2-1-5-11-6-8/h1-2,5-7H,3-4,10H2,(H2,12,13,14). The van der Waals surface area contributed by atoms with E-state index in [9.17, 15) is 0 Å². The Balaban J connectivity index is 2.00. The number of hydrazine groups is 1. The first-order chi connectivity index (χ1) is 6.88. The average Bonchev–Trinajstić information content (AvgIpc) is 3.02. The number of nitrogens with zero attached hydrogens (tertiary/aromatic N) is 2. The van der Waals surface area contributed by atoms with Crippen LogP contribution in [0.3, 0.4) is 0 Å². The van der Waals surface area contributed by atoms with E-state index in [1.54, 1.807) is 12.4 Å². The van der Waals surface area contributed by atoms with Gasteiger partial charge in [0.05, 0.1) is 17.9 Å². The average molecular weight is 191 g/mol. The van der Waals surface area contributed by atoms with Crippen molar-refractivity contribution in [2.24, 2.45) is 10.8 Å². The molecular formula is C9H13N5. The number of pyridine rings is 1. The third-order valence-electron chi connectivity index (χ3n) is 1.92. The van der Waals surface area contributed by atoms with Crippen LogP contribution in [0.15, 0.2) is 29.5 Å². The van der Waals surface area contributed by atoms with Crippen molar-refractivity contribution in [3.05, 3.63) is 24.5 Å². The Morgan fingerprint density at radius 3 is 3.00 bits per heavy atom. The number of hydrogen-bond donors (Lipinski definition) is 3. The number of aromatic nitrogens is 1. The fourth-order valence-electron chi connectivity index (χ4n) is 1.07. The van der Waals surface area contributed by atoms with Gasteiger partial charge in [-0.25, -0.2) is 10.8 Å². The molecule has 74 valence electrons. The smallest absolute Gasteiger partial charge is 0.210 e. The topological polar surface area (TPSA) is 75.3 Å². The summed E-state index contributed by atoms with van der Waals surface area (Å²) < 4.78 is 0. The molecule has 0 spiro atoms. The molecule has 0 unspecified atom stereocenters. The van der Waals surface area contributed by atoms with E-state index in [-0.39, 0.29) is 0 Å². The molecule has 0 saturated heterocycles. The lowest BCUT2D eigenvalue weighted by molar-refractivity contribution is 0.966. The lowest BCUT2D eigenvalue weighted by Gasteiger charge is -2.07. The van der Waals surface area contributed by atoms with E-state index < -0.39 is 0 Å². The summed E-state index contributed by atoms with van der Waals surface area (Å²) in [6.07, 6.45) is 5.75. The Morgan fingerprint density at radius 1 is 1.57 bits per heavy atom. The molecule has 1 aliphatic rings. The number of rotatable bonds is 2. The van der Waals surface area contributed by atoms with Gasteiger partial charge >= 0.3 is 0 Å². The van der Waals surface area contributed by atoms with Crippen LogP contribution < -0.4 is 16.6 Å². The van der Waals surface area contributed by atoms with Crippen molar-refractivity contribution >= 4 is 11.6 Å². The molecule has 1 aliphatic carbocycles. The zero-order valence-electron chi connectivity index (χ0n) is 7.77. The largest absolute Gasteiger partial charge is 0.324 e. The van der Waals surface area contributed by atoms with E-state index in [4.69, 9.17) is 5.84 Å². The number of hydrogen-bond acceptors (Lipinski definition) is 3. The molecule has 4 N–H and O–H groups in total. The Morgan fingerprint density at radius 2 is 2.43 bits per heavy atom. The highest BCUT2D eigenvalue weighted by molar-refractivity contribution is 5.93. The Hall–Kier alpha value is -1.62. The van der Waals surface area contributed by atoms with Crippen molar-refractivity contribution < 1.29 is 0 Å². The van der Waals surface area contributed by atoms with E-state index in [1.165, 1.54) is 0 Å². The summed E-state index contributed by atoms with van der Waals surface area (Å²) in [6, 6.07) is 4.20. The van der Waals surface area contributed by atoms with Crippen molar-refractivity contribution in [3.63, 3.8) is 0 Å². The van der Waals surface area contributed by atoms with E-state index in [2.05, 4.69) is 20.7 Å². The molecule has 1 aromatic heterocycles.